The van der Waals surface area contributed by atoms with Gasteiger partial charge in [0.1, 0.15) is 0 Å². The number of carbonyl (C=O) groups excluding carboxylic acids is 3. The Balaban J connectivity index is 2.40. The summed E-state index contributed by atoms with van der Waals surface area (Å²) in [5, 5.41) is 7.90. The second-order valence-corrected chi connectivity index (χ2v) is 9.31. The van der Waals surface area contributed by atoms with E-state index in [0.29, 0.717) is 36.9 Å². The number of rotatable bonds is 10. The van der Waals surface area contributed by atoms with E-state index in [2.05, 4.69) is 16.0 Å². The van der Waals surface area contributed by atoms with Crippen molar-refractivity contribution in [3.63, 3.8) is 0 Å². The van der Waals surface area contributed by atoms with Crippen molar-refractivity contribution in [2.24, 2.45) is 5.41 Å². The van der Waals surface area contributed by atoms with Gasteiger partial charge >= 0.3 is 6.03 Å². The number of sulfonamides is 1. The van der Waals surface area contributed by atoms with Crippen molar-refractivity contribution in [3.05, 3.63) is 41.1 Å². The molecule has 0 aliphatic carbocycles. The van der Waals surface area contributed by atoms with Crippen LogP contribution in [0.1, 0.15) is 57.2 Å². The zero-order valence-electron chi connectivity index (χ0n) is 18.2. The number of urea groups is 1. The van der Waals surface area contributed by atoms with E-state index in [1.807, 2.05) is 25.5 Å². The Bertz CT molecular complexity index is 989. The van der Waals surface area contributed by atoms with E-state index in [4.69, 9.17) is 0 Å². The molecule has 2 unspecified atom stereocenters. The fourth-order valence-corrected chi connectivity index (χ4v) is 4.95. The molecule has 0 fully saturated rings. The van der Waals surface area contributed by atoms with Crippen LogP contribution in [0.2, 0.25) is 0 Å². The first-order valence-electron chi connectivity index (χ1n) is 10.2. The van der Waals surface area contributed by atoms with Crippen LogP contribution >= 0.6 is 0 Å². The fourth-order valence-electron chi connectivity index (χ4n) is 3.74. The van der Waals surface area contributed by atoms with E-state index in [-0.39, 0.29) is 17.2 Å². The van der Waals surface area contributed by atoms with Crippen molar-refractivity contribution in [1.29, 1.82) is 0 Å². The number of carbonyl (C=O) groups is 3. The minimum absolute atomic E-state index is 0.0666. The van der Waals surface area contributed by atoms with E-state index >= 15 is 0 Å². The molecule has 31 heavy (non-hydrogen) atoms. The lowest BCUT2D eigenvalue weighted by Crippen LogP contribution is -2.40. The van der Waals surface area contributed by atoms with Gasteiger partial charge in [-0.2, -0.15) is 0 Å². The second-order valence-electron chi connectivity index (χ2n) is 7.66. The highest BCUT2D eigenvalue weighted by Crippen LogP contribution is 2.42. The van der Waals surface area contributed by atoms with Gasteiger partial charge in [-0.3, -0.25) is 9.59 Å². The molecule has 1 heterocycles. The van der Waals surface area contributed by atoms with E-state index in [0.717, 1.165) is 5.57 Å². The lowest BCUT2D eigenvalue weighted by molar-refractivity contribution is -0.128. The zero-order valence-corrected chi connectivity index (χ0v) is 19.1. The van der Waals surface area contributed by atoms with Gasteiger partial charge in [-0.05, 0) is 55.9 Å². The molecule has 10 heteroatoms. The molecular weight excluding hydrogens is 420 g/mol. The largest absolute Gasteiger partial charge is 0.352 e. The van der Waals surface area contributed by atoms with Crippen LogP contribution in [0, 0.1) is 12.3 Å². The van der Waals surface area contributed by atoms with Crippen molar-refractivity contribution >= 4 is 28.4 Å². The van der Waals surface area contributed by atoms with Crippen LogP contribution in [0.25, 0.3) is 0 Å². The van der Waals surface area contributed by atoms with Crippen LogP contribution in [-0.2, 0) is 19.6 Å². The summed E-state index contributed by atoms with van der Waals surface area (Å²) in [6.07, 6.45) is 3.65. The van der Waals surface area contributed by atoms with E-state index < -0.39 is 27.5 Å². The number of amides is 4. The minimum atomic E-state index is -4.13. The monoisotopic (exact) mass is 450 g/mol. The molecule has 0 radical (unpaired) electrons. The molecule has 0 spiro atoms. The molecule has 1 aliphatic heterocycles. The van der Waals surface area contributed by atoms with Crippen LogP contribution < -0.4 is 20.7 Å². The Kier molecular flexibility index (Phi) is 7.83. The smallest absolute Gasteiger partial charge is 0.328 e. The maximum Gasteiger partial charge on any atom is 0.328 e. The predicted molar refractivity (Wildman–Crippen MR) is 116 cm³/mol. The van der Waals surface area contributed by atoms with Crippen molar-refractivity contribution in [2.75, 3.05) is 6.54 Å². The maximum absolute atomic E-state index is 12.8. The van der Waals surface area contributed by atoms with Gasteiger partial charge in [-0.15, -0.1) is 0 Å². The summed E-state index contributed by atoms with van der Waals surface area (Å²) in [6, 6.07) is 3.35. The van der Waals surface area contributed by atoms with E-state index in [9.17, 15) is 22.8 Å². The summed E-state index contributed by atoms with van der Waals surface area (Å²) in [5.41, 5.74) is 1.02. The molecule has 1 aromatic carbocycles. The Morgan fingerprint density at radius 2 is 1.97 bits per heavy atom. The summed E-state index contributed by atoms with van der Waals surface area (Å²) >= 11 is 0. The lowest BCUT2D eigenvalue weighted by atomic mass is 9.73. The second kappa shape index (κ2) is 9.95. The van der Waals surface area contributed by atoms with Crippen LogP contribution in [0.4, 0.5) is 4.79 Å². The van der Waals surface area contributed by atoms with Gasteiger partial charge in [-0.25, -0.2) is 17.9 Å². The SMILES string of the molecule is CCCNC(=O)NS(=O)(=O)c1cc(C(CC2(CC)C(=O)NC=C2C)NC=O)ccc1C. The maximum atomic E-state index is 12.8. The Morgan fingerprint density at radius 1 is 1.26 bits per heavy atom. The van der Waals surface area contributed by atoms with Gasteiger partial charge in [0, 0.05) is 12.7 Å². The van der Waals surface area contributed by atoms with Gasteiger partial charge < -0.3 is 16.0 Å². The topological polar surface area (TPSA) is 133 Å². The lowest BCUT2D eigenvalue weighted by Gasteiger charge is -2.31. The molecule has 0 bridgehead atoms. The van der Waals surface area contributed by atoms with Crippen molar-refractivity contribution in [3.8, 4) is 0 Å². The van der Waals surface area contributed by atoms with Crippen LogP contribution in [0.15, 0.2) is 34.9 Å². The molecule has 1 aliphatic rings. The minimum Gasteiger partial charge on any atom is -0.352 e. The normalized spacial score (nSPS) is 19.2. The Hall–Kier alpha value is -2.88. The first kappa shape index (κ1) is 24.4. The standard InChI is InChI=1S/C21H30N4O5S/c1-5-9-22-20(28)25-31(29,30)18-10-16(8-7-14(18)3)17(24-13-26)11-21(6-2)15(4)12-23-19(21)27/h7-8,10,12-13,17H,5-6,9,11H2,1-4H3,(H,23,27)(H,24,26)(H2,22,25,28). The average molecular weight is 451 g/mol. The molecule has 0 saturated heterocycles. The third-order valence-electron chi connectivity index (χ3n) is 5.70. The summed E-state index contributed by atoms with van der Waals surface area (Å²) < 4.78 is 27.6. The van der Waals surface area contributed by atoms with Gasteiger partial charge in [-0.1, -0.05) is 26.0 Å². The number of hydrogen-bond acceptors (Lipinski definition) is 5. The number of nitrogens with one attached hydrogen (secondary N) is 4. The number of aryl methyl sites for hydroxylation is 1. The van der Waals surface area contributed by atoms with Gasteiger partial charge in [0.05, 0.1) is 16.4 Å². The van der Waals surface area contributed by atoms with Crippen LogP contribution in [-0.4, -0.2) is 33.3 Å². The third kappa shape index (κ3) is 5.25. The van der Waals surface area contributed by atoms with Crippen LogP contribution in [0.3, 0.4) is 0 Å². The highest BCUT2D eigenvalue weighted by Gasteiger charge is 2.43. The molecule has 1 aromatic rings. The number of benzene rings is 1. The van der Waals surface area contributed by atoms with Gasteiger partial charge in [0.25, 0.3) is 10.0 Å². The first-order chi connectivity index (χ1) is 14.6. The Labute approximate surface area is 183 Å². The van der Waals surface area contributed by atoms with Crippen LogP contribution in [0.5, 0.6) is 0 Å². The highest BCUT2D eigenvalue weighted by atomic mass is 32.2. The Morgan fingerprint density at radius 3 is 2.52 bits per heavy atom. The molecule has 0 aromatic heterocycles. The first-order valence-corrected chi connectivity index (χ1v) is 11.7. The molecule has 0 saturated carbocycles. The summed E-state index contributed by atoms with van der Waals surface area (Å²) in [7, 11) is -4.13. The fraction of sp³-hybridized carbons (Fsp3) is 0.476. The van der Waals surface area contributed by atoms with Crippen molar-refractivity contribution in [1.82, 2.24) is 20.7 Å². The number of hydrogen-bond donors (Lipinski definition) is 4. The van der Waals surface area contributed by atoms with Gasteiger partial charge in [0.2, 0.25) is 12.3 Å². The van der Waals surface area contributed by atoms with E-state index in [1.165, 1.54) is 6.07 Å². The molecular formula is C21H30N4O5S. The quantitative estimate of drug-likeness (QED) is 0.405. The molecule has 4 N–H and O–H groups in total. The molecule has 2 atom stereocenters. The average Bonchev–Trinajstić information content (AvgIpc) is 3.00. The zero-order chi connectivity index (χ0) is 23.2. The van der Waals surface area contributed by atoms with E-state index in [1.54, 1.807) is 25.3 Å². The third-order valence-corrected chi connectivity index (χ3v) is 7.17. The van der Waals surface area contributed by atoms with Crippen molar-refractivity contribution in [2.45, 2.75) is 57.9 Å². The van der Waals surface area contributed by atoms with Gasteiger partial charge in [0.15, 0.2) is 0 Å². The highest BCUT2D eigenvalue weighted by molar-refractivity contribution is 7.90. The summed E-state index contributed by atoms with van der Waals surface area (Å²) in [4.78, 5) is 35.7. The molecule has 9 nitrogen and oxygen atoms in total. The predicted octanol–water partition coefficient (Wildman–Crippen LogP) is 2.00. The summed E-state index contributed by atoms with van der Waals surface area (Å²) in [5.74, 6) is -0.153. The molecule has 170 valence electrons. The molecule has 2 rings (SSSR count). The summed E-state index contributed by atoms with van der Waals surface area (Å²) in [6.45, 7) is 7.56. The molecule has 4 amide bonds. The van der Waals surface area contributed by atoms with Crippen molar-refractivity contribution < 1.29 is 22.8 Å².